The van der Waals surface area contributed by atoms with Crippen molar-refractivity contribution in [2.75, 3.05) is 12.4 Å². The summed E-state index contributed by atoms with van der Waals surface area (Å²) >= 11 is 4.32. The van der Waals surface area contributed by atoms with E-state index in [9.17, 15) is 34.2 Å². The molecule has 2 aromatic carbocycles. The van der Waals surface area contributed by atoms with Crippen LogP contribution in [-0.2, 0) is 36.8 Å². The Labute approximate surface area is 249 Å². The van der Waals surface area contributed by atoms with E-state index in [1.54, 1.807) is 30.3 Å². The fourth-order valence-corrected chi connectivity index (χ4v) is 4.27. The predicted octanol–water partition coefficient (Wildman–Crippen LogP) is -0.565. The van der Waals surface area contributed by atoms with Crippen molar-refractivity contribution in [1.82, 2.24) is 21.3 Å². The molecule has 0 aliphatic carbocycles. The lowest BCUT2D eigenvalue weighted by Gasteiger charge is -2.27. The molecular formula is C29H38N4O8S. The van der Waals surface area contributed by atoms with E-state index in [-0.39, 0.29) is 12.2 Å². The lowest BCUT2D eigenvalue weighted by atomic mass is 9.98. The van der Waals surface area contributed by atoms with Gasteiger partial charge in [-0.1, -0.05) is 60.7 Å². The molecule has 228 valence electrons. The molecule has 0 spiro atoms. The van der Waals surface area contributed by atoms with Crippen molar-refractivity contribution in [3.05, 3.63) is 71.8 Å². The van der Waals surface area contributed by atoms with Crippen molar-refractivity contribution < 1.29 is 39.3 Å². The van der Waals surface area contributed by atoms with E-state index in [1.165, 1.54) is 13.8 Å². The molecule has 0 aliphatic rings. The number of carbonyl (C=O) groups is 5. The second-order valence-corrected chi connectivity index (χ2v) is 10.2. The Morgan fingerprint density at radius 1 is 0.714 bits per heavy atom. The molecule has 0 fully saturated rings. The molecule has 42 heavy (non-hydrogen) atoms. The molecule has 12 nitrogen and oxygen atoms in total. The Morgan fingerprint density at radius 2 is 1.21 bits per heavy atom. The molecule has 0 saturated heterocycles. The van der Waals surface area contributed by atoms with Crippen LogP contribution in [0.3, 0.4) is 0 Å². The van der Waals surface area contributed by atoms with Gasteiger partial charge in [-0.05, 0) is 31.4 Å². The van der Waals surface area contributed by atoms with Crippen molar-refractivity contribution in [3.63, 3.8) is 0 Å². The molecule has 2 rings (SSSR count). The SMILES string of the molecule is C[C@H](O)[C@@H](NC(=O)[C@@H](Cc1ccccc1)NC(=O)[C@H](CS)Cc1ccccc1)C(=O)N[C@H](CO)C(=O)N[C@H](C)C(=O)O. The lowest BCUT2D eigenvalue weighted by molar-refractivity contribution is -0.142. The van der Waals surface area contributed by atoms with Crippen LogP contribution < -0.4 is 21.3 Å². The number of hydrogen-bond acceptors (Lipinski definition) is 8. The number of amides is 4. The summed E-state index contributed by atoms with van der Waals surface area (Å²) in [4.78, 5) is 63.1. The number of thiol groups is 1. The first-order chi connectivity index (χ1) is 20.0. The van der Waals surface area contributed by atoms with Gasteiger partial charge >= 0.3 is 5.97 Å². The summed E-state index contributed by atoms with van der Waals surface area (Å²) in [6, 6.07) is 12.7. The number of aliphatic carboxylic acids is 1. The van der Waals surface area contributed by atoms with Gasteiger partial charge < -0.3 is 36.6 Å². The summed E-state index contributed by atoms with van der Waals surface area (Å²) in [7, 11) is 0. The van der Waals surface area contributed by atoms with E-state index in [0.717, 1.165) is 11.1 Å². The minimum Gasteiger partial charge on any atom is -0.480 e. The minimum absolute atomic E-state index is 0.0753. The van der Waals surface area contributed by atoms with Gasteiger partial charge in [0, 0.05) is 12.2 Å². The lowest BCUT2D eigenvalue weighted by Crippen LogP contribution is -2.61. The Bertz CT molecular complexity index is 1200. The maximum absolute atomic E-state index is 13.5. The number of rotatable bonds is 16. The maximum atomic E-state index is 13.5. The monoisotopic (exact) mass is 602 g/mol. The molecule has 0 heterocycles. The van der Waals surface area contributed by atoms with E-state index in [1.807, 2.05) is 30.3 Å². The minimum atomic E-state index is -1.57. The highest BCUT2D eigenvalue weighted by atomic mass is 32.1. The molecule has 4 amide bonds. The molecule has 2 aromatic rings. The topological polar surface area (TPSA) is 194 Å². The number of carbonyl (C=O) groups excluding carboxylic acids is 4. The quantitative estimate of drug-likeness (QED) is 0.117. The summed E-state index contributed by atoms with van der Waals surface area (Å²) in [6.45, 7) is 1.57. The van der Waals surface area contributed by atoms with Crippen molar-refractivity contribution in [3.8, 4) is 0 Å². The first kappa shape index (κ1) is 34.3. The third-order valence-corrected chi connectivity index (χ3v) is 6.88. The molecule has 0 aliphatic heterocycles. The molecule has 0 saturated carbocycles. The maximum Gasteiger partial charge on any atom is 0.325 e. The number of benzene rings is 2. The van der Waals surface area contributed by atoms with Crippen LogP contribution in [0.15, 0.2) is 60.7 Å². The highest BCUT2D eigenvalue weighted by Gasteiger charge is 2.33. The predicted molar refractivity (Wildman–Crippen MR) is 157 cm³/mol. The van der Waals surface area contributed by atoms with Crippen LogP contribution in [0.4, 0.5) is 0 Å². The summed E-state index contributed by atoms with van der Waals surface area (Å²) in [5.41, 5.74) is 1.65. The van der Waals surface area contributed by atoms with Crippen LogP contribution in [-0.4, -0.2) is 87.5 Å². The zero-order valence-electron chi connectivity index (χ0n) is 23.4. The van der Waals surface area contributed by atoms with Crippen LogP contribution in [0.1, 0.15) is 25.0 Å². The van der Waals surface area contributed by atoms with Crippen molar-refractivity contribution >= 4 is 42.2 Å². The number of aliphatic hydroxyl groups is 2. The average molecular weight is 603 g/mol. The van der Waals surface area contributed by atoms with Gasteiger partial charge in [-0.2, -0.15) is 12.6 Å². The van der Waals surface area contributed by atoms with Crippen molar-refractivity contribution in [2.45, 2.75) is 57.0 Å². The molecule has 6 atom stereocenters. The molecule has 0 unspecified atom stereocenters. The average Bonchev–Trinajstić information content (AvgIpc) is 2.97. The van der Waals surface area contributed by atoms with Crippen LogP contribution in [0, 0.1) is 5.92 Å². The number of carboxylic acid groups (broad SMARTS) is 1. The molecule has 13 heteroatoms. The summed E-state index contributed by atoms with van der Waals surface area (Å²) < 4.78 is 0. The highest BCUT2D eigenvalue weighted by molar-refractivity contribution is 7.80. The Kier molecular flexibility index (Phi) is 14.0. The van der Waals surface area contributed by atoms with Crippen LogP contribution in [0.5, 0.6) is 0 Å². The zero-order valence-corrected chi connectivity index (χ0v) is 24.3. The third-order valence-electron chi connectivity index (χ3n) is 6.44. The van der Waals surface area contributed by atoms with E-state index in [4.69, 9.17) is 5.11 Å². The van der Waals surface area contributed by atoms with Crippen LogP contribution in [0.2, 0.25) is 0 Å². The van der Waals surface area contributed by atoms with Gasteiger partial charge in [-0.3, -0.25) is 24.0 Å². The number of hydrogen-bond donors (Lipinski definition) is 8. The zero-order chi connectivity index (χ0) is 31.2. The molecule has 0 bridgehead atoms. The molecule has 7 N–H and O–H groups in total. The van der Waals surface area contributed by atoms with Crippen LogP contribution >= 0.6 is 12.6 Å². The molecular weight excluding hydrogens is 564 g/mol. The van der Waals surface area contributed by atoms with Gasteiger partial charge in [0.25, 0.3) is 0 Å². The smallest absolute Gasteiger partial charge is 0.325 e. The molecule has 0 radical (unpaired) electrons. The number of nitrogens with one attached hydrogen (secondary N) is 4. The molecule has 0 aromatic heterocycles. The number of aliphatic hydroxyl groups excluding tert-OH is 2. The Hall–Kier alpha value is -3.94. The summed E-state index contributed by atoms with van der Waals surface area (Å²) in [5.74, 6) is -4.84. The first-order valence-corrected chi connectivity index (χ1v) is 14.0. The Balaban J connectivity index is 2.20. The number of carboxylic acids is 1. The fourth-order valence-electron chi connectivity index (χ4n) is 3.98. The van der Waals surface area contributed by atoms with Gasteiger partial charge in [0.05, 0.1) is 18.6 Å². The largest absolute Gasteiger partial charge is 0.480 e. The first-order valence-electron chi connectivity index (χ1n) is 13.4. The van der Waals surface area contributed by atoms with E-state index < -0.39 is 72.4 Å². The van der Waals surface area contributed by atoms with E-state index in [2.05, 4.69) is 33.9 Å². The van der Waals surface area contributed by atoms with E-state index >= 15 is 0 Å². The Morgan fingerprint density at radius 3 is 1.69 bits per heavy atom. The van der Waals surface area contributed by atoms with Crippen molar-refractivity contribution in [1.29, 1.82) is 0 Å². The van der Waals surface area contributed by atoms with Gasteiger partial charge in [0.2, 0.25) is 23.6 Å². The summed E-state index contributed by atoms with van der Waals surface area (Å²) in [6.07, 6.45) is -0.975. The van der Waals surface area contributed by atoms with E-state index in [0.29, 0.717) is 6.42 Å². The second-order valence-electron chi connectivity index (χ2n) is 9.86. The second kappa shape index (κ2) is 17.1. The van der Waals surface area contributed by atoms with Crippen LogP contribution in [0.25, 0.3) is 0 Å². The summed E-state index contributed by atoms with van der Waals surface area (Å²) in [5, 5.41) is 38.4. The standard InChI is InChI=1S/C29H38N4O8S/c1-17(29(40)41)30-27(38)23(15-34)32-28(39)24(18(2)35)33-26(37)22(14-20-11-7-4-8-12-20)31-25(36)21(16-42)13-19-9-5-3-6-10-19/h3-12,17-18,21-24,34-35,42H,13-16H2,1-2H3,(H,30,38)(H,31,36)(H,32,39)(H,33,37)(H,40,41)/t17-,18+,21+,22-,23-,24-/m1/s1. The van der Waals surface area contributed by atoms with Crippen molar-refractivity contribution in [2.24, 2.45) is 5.92 Å². The van der Waals surface area contributed by atoms with Gasteiger partial charge in [-0.25, -0.2) is 0 Å². The fraction of sp³-hybridized carbons (Fsp3) is 0.414. The third kappa shape index (κ3) is 10.8. The highest BCUT2D eigenvalue weighted by Crippen LogP contribution is 2.12. The normalized spacial score (nSPS) is 15.2. The van der Waals surface area contributed by atoms with Gasteiger partial charge in [0.1, 0.15) is 24.2 Å². The van der Waals surface area contributed by atoms with Gasteiger partial charge in [-0.15, -0.1) is 0 Å². The van der Waals surface area contributed by atoms with Gasteiger partial charge in [0.15, 0.2) is 0 Å².